The van der Waals surface area contributed by atoms with Crippen LogP contribution in [0.1, 0.15) is 20.3 Å². The number of nitrogens with one attached hydrogen (secondary N) is 1. The molecule has 0 bridgehead atoms. The predicted molar refractivity (Wildman–Crippen MR) is 98.3 cm³/mol. The monoisotopic (exact) mass is 355 g/mol. The molecule has 0 radical (unpaired) electrons. The van der Waals surface area contributed by atoms with Gasteiger partial charge in [0.25, 0.3) is 5.89 Å². The second-order valence-corrected chi connectivity index (χ2v) is 6.59. The average Bonchev–Trinajstić information content (AvgIpc) is 3.05. The Morgan fingerprint density at radius 2 is 1.72 bits per heavy atom. The summed E-state index contributed by atoms with van der Waals surface area (Å²) in [6.07, 6.45) is 0.496. The molecule has 128 valence electrons. The SMILES string of the molecule is CC(C)CC(=O)Nc1ccc(-c2nc(-c3ccc(Cl)cc3)no2)cc1. The molecule has 0 aliphatic rings. The molecule has 0 spiro atoms. The molecule has 6 heteroatoms. The number of hydrogen-bond acceptors (Lipinski definition) is 4. The van der Waals surface area contributed by atoms with E-state index < -0.39 is 0 Å². The van der Waals surface area contributed by atoms with Gasteiger partial charge in [-0.05, 0) is 54.4 Å². The van der Waals surface area contributed by atoms with Crippen LogP contribution in [0.15, 0.2) is 53.1 Å². The maximum absolute atomic E-state index is 11.8. The normalized spacial score (nSPS) is 10.9. The first-order valence-electron chi connectivity index (χ1n) is 8.01. The molecule has 0 aliphatic heterocycles. The zero-order valence-corrected chi connectivity index (χ0v) is 14.7. The smallest absolute Gasteiger partial charge is 0.258 e. The number of halogens is 1. The van der Waals surface area contributed by atoms with E-state index in [1.807, 2.05) is 50.2 Å². The molecule has 0 saturated carbocycles. The molecule has 1 N–H and O–H groups in total. The van der Waals surface area contributed by atoms with Crippen LogP contribution in [0.3, 0.4) is 0 Å². The molecule has 1 amide bonds. The quantitative estimate of drug-likeness (QED) is 0.696. The number of nitrogens with zero attached hydrogens (tertiary/aromatic N) is 2. The molecule has 0 aliphatic carbocycles. The zero-order valence-electron chi connectivity index (χ0n) is 14.0. The molecule has 0 fully saturated rings. The summed E-state index contributed by atoms with van der Waals surface area (Å²) < 4.78 is 5.33. The van der Waals surface area contributed by atoms with Gasteiger partial charge in [-0.15, -0.1) is 0 Å². The highest BCUT2D eigenvalue weighted by Crippen LogP contribution is 2.24. The molecule has 3 aromatic rings. The minimum absolute atomic E-state index is 0.00515. The van der Waals surface area contributed by atoms with Crippen molar-refractivity contribution >= 4 is 23.2 Å². The third kappa shape index (κ3) is 4.45. The van der Waals surface area contributed by atoms with Crippen LogP contribution >= 0.6 is 11.6 Å². The van der Waals surface area contributed by atoms with Crippen LogP contribution in [0.2, 0.25) is 5.02 Å². The summed E-state index contributed by atoms with van der Waals surface area (Å²) in [4.78, 5) is 16.2. The third-order valence-corrected chi connectivity index (χ3v) is 3.79. The Kier molecular flexibility index (Phi) is 5.14. The Hall–Kier alpha value is -2.66. The Morgan fingerprint density at radius 3 is 2.36 bits per heavy atom. The van der Waals surface area contributed by atoms with Gasteiger partial charge in [-0.25, -0.2) is 0 Å². The lowest BCUT2D eigenvalue weighted by Gasteiger charge is -2.07. The highest BCUT2D eigenvalue weighted by molar-refractivity contribution is 6.30. The highest BCUT2D eigenvalue weighted by atomic mass is 35.5. The Bertz CT molecular complexity index is 855. The molecule has 25 heavy (non-hydrogen) atoms. The lowest BCUT2D eigenvalue weighted by molar-refractivity contribution is -0.116. The summed E-state index contributed by atoms with van der Waals surface area (Å²) in [6.45, 7) is 4.02. The van der Waals surface area contributed by atoms with Gasteiger partial charge in [0, 0.05) is 28.3 Å². The number of carbonyl (C=O) groups excluding carboxylic acids is 1. The molecular formula is C19H18ClN3O2. The third-order valence-electron chi connectivity index (χ3n) is 3.54. The number of carbonyl (C=O) groups is 1. The summed E-state index contributed by atoms with van der Waals surface area (Å²) in [7, 11) is 0. The van der Waals surface area contributed by atoms with E-state index in [0.717, 1.165) is 16.8 Å². The molecule has 2 aromatic carbocycles. The van der Waals surface area contributed by atoms with E-state index in [-0.39, 0.29) is 5.91 Å². The van der Waals surface area contributed by atoms with Crippen molar-refractivity contribution in [2.45, 2.75) is 20.3 Å². The van der Waals surface area contributed by atoms with Gasteiger partial charge in [-0.1, -0.05) is 30.6 Å². The topological polar surface area (TPSA) is 68.0 Å². The van der Waals surface area contributed by atoms with Crippen LogP contribution in [-0.2, 0) is 4.79 Å². The second-order valence-electron chi connectivity index (χ2n) is 6.15. The number of anilines is 1. The summed E-state index contributed by atoms with van der Waals surface area (Å²) in [5, 5.41) is 7.52. The summed E-state index contributed by atoms with van der Waals surface area (Å²) in [6, 6.07) is 14.5. The van der Waals surface area contributed by atoms with Crippen molar-refractivity contribution in [3.05, 3.63) is 53.6 Å². The van der Waals surface area contributed by atoms with Crippen molar-refractivity contribution in [2.75, 3.05) is 5.32 Å². The largest absolute Gasteiger partial charge is 0.334 e. The molecule has 0 unspecified atom stereocenters. The molecule has 0 saturated heterocycles. The number of rotatable bonds is 5. The first-order valence-corrected chi connectivity index (χ1v) is 8.39. The van der Waals surface area contributed by atoms with Gasteiger partial charge < -0.3 is 9.84 Å². The fourth-order valence-corrected chi connectivity index (χ4v) is 2.46. The van der Waals surface area contributed by atoms with Crippen molar-refractivity contribution < 1.29 is 9.32 Å². The Labute approximate surface area is 151 Å². The average molecular weight is 356 g/mol. The molecule has 1 aromatic heterocycles. The minimum Gasteiger partial charge on any atom is -0.334 e. The Morgan fingerprint density at radius 1 is 1.08 bits per heavy atom. The van der Waals surface area contributed by atoms with E-state index in [1.54, 1.807) is 12.1 Å². The van der Waals surface area contributed by atoms with Crippen LogP contribution in [0.4, 0.5) is 5.69 Å². The summed E-state index contributed by atoms with van der Waals surface area (Å²) in [5.41, 5.74) is 2.36. The predicted octanol–water partition coefficient (Wildman–Crippen LogP) is 5.04. The number of amides is 1. The van der Waals surface area contributed by atoms with Gasteiger partial charge in [-0.2, -0.15) is 4.98 Å². The number of aromatic nitrogens is 2. The van der Waals surface area contributed by atoms with Crippen molar-refractivity contribution in [2.24, 2.45) is 5.92 Å². The lowest BCUT2D eigenvalue weighted by atomic mass is 10.1. The number of hydrogen-bond donors (Lipinski definition) is 1. The van der Waals surface area contributed by atoms with E-state index in [9.17, 15) is 4.79 Å². The van der Waals surface area contributed by atoms with E-state index >= 15 is 0 Å². The van der Waals surface area contributed by atoms with Crippen LogP contribution in [0.25, 0.3) is 22.8 Å². The van der Waals surface area contributed by atoms with Gasteiger partial charge in [0.1, 0.15) is 0 Å². The van der Waals surface area contributed by atoms with E-state index in [2.05, 4.69) is 15.5 Å². The maximum Gasteiger partial charge on any atom is 0.258 e. The molecule has 0 atom stereocenters. The van der Waals surface area contributed by atoms with Crippen molar-refractivity contribution in [3.8, 4) is 22.8 Å². The van der Waals surface area contributed by atoms with E-state index in [4.69, 9.17) is 16.1 Å². The second kappa shape index (κ2) is 7.49. The van der Waals surface area contributed by atoms with Crippen LogP contribution < -0.4 is 5.32 Å². The molecule has 5 nitrogen and oxygen atoms in total. The van der Waals surface area contributed by atoms with Crippen LogP contribution in [0, 0.1) is 5.92 Å². The van der Waals surface area contributed by atoms with Gasteiger partial charge in [0.15, 0.2) is 0 Å². The standard InChI is InChI=1S/C19H18ClN3O2/c1-12(2)11-17(24)21-16-9-5-14(6-10-16)19-22-18(23-25-19)13-3-7-15(20)8-4-13/h3-10,12H,11H2,1-2H3,(H,21,24). The van der Waals surface area contributed by atoms with Crippen LogP contribution in [-0.4, -0.2) is 16.0 Å². The number of benzene rings is 2. The molecular weight excluding hydrogens is 338 g/mol. The summed E-state index contributed by atoms with van der Waals surface area (Å²) in [5.74, 6) is 1.25. The highest BCUT2D eigenvalue weighted by Gasteiger charge is 2.11. The first kappa shape index (κ1) is 17.2. The summed E-state index contributed by atoms with van der Waals surface area (Å²) >= 11 is 5.88. The van der Waals surface area contributed by atoms with E-state index in [0.29, 0.717) is 29.1 Å². The fourth-order valence-electron chi connectivity index (χ4n) is 2.34. The van der Waals surface area contributed by atoms with Crippen LogP contribution in [0.5, 0.6) is 0 Å². The van der Waals surface area contributed by atoms with Crippen molar-refractivity contribution in [1.82, 2.24) is 10.1 Å². The van der Waals surface area contributed by atoms with Gasteiger partial charge in [0.2, 0.25) is 11.7 Å². The van der Waals surface area contributed by atoms with Crippen molar-refractivity contribution in [3.63, 3.8) is 0 Å². The first-order chi connectivity index (χ1) is 12.0. The van der Waals surface area contributed by atoms with E-state index in [1.165, 1.54) is 0 Å². The molecule has 1 heterocycles. The minimum atomic E-state index is 0.00515. The van der Waals surface area contributed by atoms with Gasteiger partial charge >= 0.3 is 0 Å². The van der Waals surface area contributed by atoms with Gasteiger partial charge in [-0.3, -0.25) is 4.79 Å². The molecule has 3 rings (SSSR count). The maximum atomic E-state index is 11.8. The lowest BCUT2D eigenvalue weighted by Crippen LogP contribution is -2.13. The fraction of sp³-hybridized carbons (Fsp3) is 0.211. The van der Waals surface area contributed by atoms with Gasteiger partial charge in [0.05, 0.1) is 0 Å². The zero-order chi connectivity index (χ0) is 17.8. The Balaban J connectivity index is 1.72. The van der Waals surface area contributed by atoms with Crippen molar-refractivity contribution in [1.29, 1.82) is 0 Å².